The topological polar surface area (TPSA) is 91.7 Å². The molecule has 1 fully saturated rings. The van der Waals surface area contributed by atoms with Gasteiger partial charge in [0.05, 0.1) is 17.7 Å². The number of hydrogen-bond acceptors (Lipinski definition) is 5. The normalized spacial score (nSPS) is 21.3. The SMILES string of the molecule is N#CC1=CN2[C@H](C=C1)[C@H](C(=C(C#N)C#N)c1ccccc1)[C@@H](c1ccc(Br)cc1)[C@H]2C(=O)c1ccccc1. The predicted octanol–water partition coefficient (Wildman–Crippen LogP) is 6.56. The summed E-state index contributed by atoms with van der Waals surface area (Å²) in [5.74, 6) is -0.914. The fourth-order valence-electron chi connectivity index (χ4n) is 5.59. The van der Waals surface area contributed by atoms with Gasteiger partial charge >= 0.3 is 0 Å². The monoisotopic (exact) mass is 556 g/mol. The van der Waals surface area contributed by atoms with Gasteiger partial charge < -0.3 is 4.90 Å². The van der Waals surface area contributed by atoms with Crippen LogP contribution in [0.2, 0.25) is 0 Å². The van der Waals surface area contributed by atoms with Crippen molar-refractivity contribution in [3.05, 3.63) is 136 Å². The van der Waals surface area contributed by atoms with Gasteiger partial charge in [-0.2, -0.15) is 15.8 Å². The first-order valence-corrected chi connectivity index (χ1v) is 12.9. The van der Waals surface area contributed by atoms with Gasteiger partial charge in [-0.1, -0.05) is 94.8 Å². The maximum Gasteiger partial charge on any atom is 0.185 e. The number of nitrogens with zero attached hydrogens (tertiary/aromatic N) is 4. The molecule has 182 valence electrons. The number of carbonyl (C=O) groups is 1. The third-order valence-electron chi connectivity index (χ3n) is 7.14. The summed E-state index contributed by atoms with van der Waals surface area (Å²) in [5, 5.41) is 29.8. The summed E-state index contributed by atoms with van der Waals surface area (Å²) in [7, 11) is 0. The molecule has 0 amide bonds. The number of benzene rings is 3. The van der Waals surface area contributed by atoms with Crippen molar-refractivity contribution < 1.29 is 4.79 Å². The molecule has 3 aromatic carbocycles. The average molecular weight is 557 g/mol. The Balaban J connectivity index is 1.81. The molecule has 0 aliphatic carbocycles. The fourth-order valence-corrected chi connectivity index (χ4v) is 5.85. The van der Waals surface area contributed by atoms with Crippen LogP contribution in [0, 0.1) is 39.9 Å². The van der Waals surface area contributed by atoms with Gasteiger partial charge in [-0.3, -0.25) is 4.79 Å². The quantitative estimate of drug-likeness (QED) is 0.262. The molecule has 1 saturated heterocycles. The molecule has 5 rings (SSSR count). The van der Waals surface area contributed by atoms with Crippen molar-refractivity contribution in [2.75, 3.05) is 0 Å². The zero-order valence-corrected chi connectivity index (χ0v) is 21.8. The summed E-state index contributed by atoms with van der Waals surface area (Å²) >= 11 is 3.51. The van der Waals surface area contributed by atoms with Crippen LogP contribution in [0.15, 0.2) is 119 Å². The Morgan fingerprint density at radius 1 is 0.816 bits per heavy atom. The Morgan fingerprint density at radius 3 is 2.00 bits per heavy atom. The zero-order valence-electron chi connectivity index (χ0n) is 20.2. The average Bonchev–Trinajstić information content (AvgIpc) is 3.30. The lowest BCUT2D eigenvalue weighted by Gasteiger charge is -2.31. The number of carbonyl (C=O) groups excluding carboxylic acids is 1. The van der Waals surface area contributed by atoms with Crippen LogP contribution in [-0.2, 0) is 0 Å². The van der Waals surface area contributed by atoms with Crippen LogP contribution in [0.3, 0.4) is 0 Å². The van der Waals surface area contributed by atoms with E-state index in [4.69, 9.17) is 0 Å². The highest BCUT2D eigenvalue weighted by Gasteiger charge is 2.53. The van der Waals surface area contributed by atoms with Crippen molar-refractivity contribution in [2.24, 2.45) is 5.92 Å². The van der Waals surface area contributed by atoms with Crippen LogP contribution in [0.5, 0.6) is 0 Å². The van der Waals surface area contributed by atoms with E-state index in [2.05, 4.69) is 34.1 Å². The van der Waals surface area contributed by atoms with Crippen LogP contribution in [-0.4, -0.2) is 22.8 Å². The fraction of sp³-hybridized carbons (Fsp3) is 0.125. The number of ketones is 1. The molecule has 0 unspecified atom stereocenters. The Hall–Kier alpha value is -4.70. The molecule has 6 heteroatoms. The van der Waals surface area contributed by atoms with Gasteiger partial charge in [0.1, 0.15) is 23.8 Å². The van der Waals surface area contributed by atoms with E-state index in [1.165, 1.54) is 0 Å². The Labute approximate surface area is 230 Å². The molecule has 0 N–H and O–H groups in total. The second-order valence-corrected chi connectivity index (χ2v) is 10.1. The summed E-state index contributed by atoms with van der Waals surface area (Å²) in [5.41, 5.74) is 3.28. The summed E-state index contributed by atoms with van der Waals surface area (Å²) in [6.07, 6.45) is 5.41. The minimum absolute atomic E-state index is 0.0135. The smallest absolute Gasteiger partial charge is 0.185 e. The highest BCUT2D eigenvalue weighted by Crippen LogP contribution is 2.52. The highest BCUT2D eigenvalue weighted by molar-refractivity contribution is 9.10. The van der Waals surface area contributed by atoms with Gasteiger partial charge in [-0.15, -0.1) is 0 Å². The summed E-state index contributed by atoms with van der Waals surface area (Å²) in [6.45, 7) is 0. The van der Waals surface area contributed by atoms with Crippen LogP contribution in [0.4, 0.5) is 0 Å². The molecule has 2 heterocycles. The number of fused-ring (bicyclic) bond motifs is 1. The molecule has 0 aromatic heterocycles. The maximum atomic E-state index is 14.2. The number of nitriles is 3. The van der Waals surface area contributed by atoms with Gasteiger partial charge in [0, 0.05) is 28.1 Å². The summed E-state index contributed by atoms with van der Waals surface area (Å²) < 4.78 is 0.902. The first-order valence-electron chi connectivity index (χ1n) is 12.1. The van der Waals surface area contributed by atoms with E-state index in [0.717, 1.165) is 15.6 Å². The van der Waals surface area contributed by atoms with Crippen molar-refractivity contribution >= 4 is 27.3 Å². The van der Waals surface area contributed by atoms with E-state index in [1.54, 1.807) is 24.4 Å². The number of rotatable bonds is 5. The van der Waals surface area contributed by atoms with Crippen LogP contribution in [0.25, 0.3) is 5.57 Å². The minimum Gasteiger partial charge on any atom is -0.358 e. The van der Waals surface area contributed by atoms with E-state index in [-0.39, 0.29) is 17.4 Å². The van der Waals surface area contributed by atoms with Crippen LogP contribution in [0.1, 0.15) is 27.4 Å². The van der Waals surface area contributed by atoms with E-state index in [1.807, 2.05) is 83.8 Å². The minimum atomic E-state index is -0.667. The van der Waals surface area contributed by atoms with Gasteiger partial charge in [0.15, 0.2) is 5.78 Å². The molecular formula is C32H21BrN4O. The summed E-state index contributed by atoms with van der Waals surface area (Å²) in [4.78, 5) is 16.2. The molecule has 3 aromatic rings. The Kier molecular flexibility index (Phi) is 7.05. The number of Topliss-reactive ketones (excluding diaryl/α,β-unsaturated/α-hetero) is 1. The Morgan fingerprint density at radius 2 is 1.42 bits per heavy atom. The lowest BCUT2D eigenvalue weighted by Crippen LogP contribution is -2.39. The highest BCUT2D eigenvalue weighted by atomic mass is 79.9. The van der Waals surface area contributed by atoms with Gasteiger partial charge in [0.25, 0.3) is 0 Å². The second-order valence-electron chi connectivity index (χ2n) is 9.15. The number of halogens is 1. The number of allylic oxidation sites excluding steroid dienone is 3. The predicted molar refractivity (Wildman–Crippen MR) is 148 cm³/mol. The van der Waals surface area contributed by atoms with E-state index >= 15 is 0 Å². The largest absolute Gasteiger partial charge is 0.358 e. The van der Waals surface area contributed by atoms with Crippen molar-refractivity contribution in [1.82, 2.24) is 4.90 Å². The summed E-state index contributed by atoms with van der Waals surface area (Å²) in [6, 6.07) is 31.8. The molecule has 4 atom stereocenters. The molecule has 0 spiro atoms. The van der Waals surface area contributed by atoms with Crippen molar-refractivity contribution in [2.45, 2.75) is 18.0 Å². The second kappa shape index (κ2) is 10.7. The Bertz CT molecular complexity index is 1570. The van der Waals surface area contributed by atoms with E-state index in [0.29, 0.717) is 16.7 Å². The standard InChI is InChI=1S/C32H21BrN4O/c33-26-14-12-23(13-15-26)29-30(28(25(18-35)19-36)22-7-3-1-4-8-22)27-16-11-21(17-34)20-37(27)31(29)32(38)24-9-5-2-6-10-24/h1-16,20,27,29-31H/t27-,29-,30-,31+/m1/s1. The zero-order chi connectivity index (χ0) is 26.6. The third kappa shape index (κ3) is 4.46. The number of hydrogen-bond donors (Lipinski definition) is 0. The molecule has 0 radical (unpaired) electrons. The van der Waals surface area contributed by atoms with Crippen molar-refractivity contribution in [1.29, 1.82) is 15.8 Å². The van der Waals surface area contributed by atoms with E-state index < -0.39 is 17.9 Å². The first-order chi connectivity index (χ1) is 18.6. The maximum absolute atomic E-state index is 14.2. The molecule has 0 bridgehead atoms. The van der Waals surface area contributed by atoms with Crippen molar-refractivity contribution in [3.63, 3.8) is 0 Å². The molecule has 2 aliphatic heterocycles. The van der Waals surface area contributed by atoms with Crippen molar-refractivity contribution in [3.8, 4) is 18.2 Å². The van der Waals surface area contributed by atoms with E-state index in [9.17, 15) is 20.6 Å². The molecular weight excluding hydrogens is 536 g/mol. The van der Waals surface area contributed by atoms with Gasteiger partial charge in [0.2, 0.25) is 0 Å². The third-order valence-corrected chi connectivity index (χ3v) is 7.67. The molecule has 38 heavy (non-hydrogen) atoms. The van der Waals surface area contributed by atoms with Gasteiger partial charge in [-0.25, -0.2) is 0 Å². The van der Waals surface area contributed by atoms with Crippen LogP contribution < -0.4 is 0 Å². The molecule has 5 nitrogen and oxygen atoms in total. The molecule has 0 saturated carbocycles. The lowest BCUT2D eigenvalue weighted by atomic mass is 9.73. The first kappa shape index (κ1) is 25.0. The molecule has 2 aliphatic rings. The van der Waals surface area contributed by atoms with Crippen LogP contribution >= 0.6 is 15.9 Å². The lowest BCUT2D eigenvalue weighted by molar-refractivity contribution is 0.0881. The van der Waals surface area contributed by atoms with Gasteiger partial charge in [-0.05, 0) is 34.9 Å².